The SMILES string of the molecule is FC(F)(F)c1cc(Nc2cccc3cccnc23)cc(C(F)(F)F)c1.c1ccc(CNc2cccc3cccnc23)nc1. The predicted octanol–water partition coefficient (Wildman–Crippen LogP) is 9.26. The van der Waals surface area contributed by atoms with E-state index in [0.29, 0.717) is 35.3 Å². The third-order valence-corrected chi connectivity index (χ3v) is 6.32. The molecule has 0 unspecified atom stereocenters. The number of halogens is 6. The Kier molecular flexibility index (Phi) is 8.42. The molecule has 0 bridgehead atoms. The number of nitrogens with one attached hydrogen (secondary N) is 2. The highest BCUT2D eigenvalue weighted by Crippen LogP contribution is 2.38. The van der Waals surface area contributed by atoms with Crippen LogP contribution in [0.25, 0.3) is 21.8 Å². The van der Waals surface area contributed by atoms with Crippen molar-refractivity contribution >= 4 is 38.9 Å². The smallest absolute Gasteiger partial charge is 0.378 e. The van der Waals surface area contributed by atoms with E-state index in [2.05, 4.69) is 37.7 Å². The van der Waals surface area contributed by atoms with E-state index in [1.165, 1.54) is 12.3 Å². The number of anilines is 3. The highest BCUT2D eigenvalue weighted by atomic mass is 19.4. The second kappa shape index (κ2) is 12.4. The molecule has 218 valence electrons. The van der Waals surface area contributed by atoms with Crippen LogP contribution in [0.4, 0.5) is 43.4 Å². The summed E-state index contributed by atoms with van der Waals surface area (Å²) in [5, 5.41) is 7.83. The van der Waals surface area contributed by atoms with Crippen LogP contribution in [0.1, 0.15) is 16.8 Å². The summed E-state index contributed by atoms with van der Waals surface area (Å²) in [7, 11) is 0. The van der Waals surface area contributed by atoms with Gasteiger partial charge in [-0.2, -0.15) is 26.3 Å². The first kappa shape index (κ1) is 29.3. The van der Waals surface area contributed by atoms with Gasteiger partial charge in [-0.15, -0.1) is 0 Å². The van der Waals surface area contributed by atoms with E-state index >= 15 is 0 Å². The molecule has 6 rings (SSSR count). The van der Waals surface area contributed by atoms with E-state index < -0.39 is 23.5 Å². The van der Waals surface area contributed by atoms with Gasteiger partial charge in [0.05, 0.1) is 45.8 Å². The van der Waals surface area contributed by atoms with E-state index in [9.17, 15) is 26.3 Å². The molecular formula is C32H23F6N5. The van der Waals surface area contributed by atoms with Gasteiger partial charge in [-0.25, -0.2) is 0 Å². The van der Waals surface area contributed by atoms with Gasteiger partial charge in [0.25, 0.3) is 0 Å². The first-order valence-corrected chi connectivity index (χ1v) is 13.0. The van der Waals surface area contributed by atoms with Crippen molar-refractivity contribution in [2.45, 2.75) is 18.9 Å². The predicted molar refractivity (Wildman–Crippen MR) is 155 cm³/mol. The fourth-order valence-corrected chi connectivity index (χ4v) is 4.32. The zero-order valence-corrected chi connectivity index (χ0v) is 22.3. The zero-order chi connectivity index (χ0) is 30.5. The van der Waals surface area contributed by atoms with Crippen LogP contribution < -0.4 is 10.6 Å². The molecule has 0 spiro atoms. The van der Waals surface area contributed by atoms with Crippen molar-refractivity contribution in [2.75, 3.05) is 10.6 Å². The number of para-hydroxylation sites is 2. The van der Waals surface area contributed by atoms with E-state index in [0.717, 1.165) is 22.3 Å². The van der Waals surface area contributed by atoms with Crippen LogP contribution in [0.3, 0.4) is 0 Å². The molecule has 0 radical (unpaired) electrons. The number of nitrogens with zero attached hydrogens (tertiary/aromatic N) is 3. The summed E-state index contributed by atoms with van der Waals surface area (Å²) in [4.78, 5) is 12.8. The Labute approximate surface area is 242 Å². The lowest BCUT2D eigenvalue weighted by molar-refractivity contribution is -0.143. The standard InChI is InChI=1S/C17H10F6N2.C15H13N3/c18-16(19,20)11-7-12(17(21,22)23)9-13(8-11)25-14-5-1-3-10-4-2-6-24-15(10)14;1-2-9-16-13(7-1)11-18-14-8-3-5-12-6-4-10-17-15(12)14/h1-9,25H;1-10,18H,11H2. The highest BCUT2D eigenvalue weighted by molar-refractivity contribution is 5.92. The molecule has 2 N–H and O–H groups in total. The monoisotopic (exact) mass is 591 g/mol. The number of benzene rings is 3. The number of pyridine rings is 3. The minimum absolute atomic E-state index is 0.0898. The second-order valence-corrected chi connectivity index (χ2v) is 9.36. The minimum atomic E-state index is -4.89. The first-order valence-electron chi connectivity index (χ1n) is 13.0. The third kappa shape index (κ3) is 7.37. The van der Waals surface area contributed by atoms with Crippen molar-refractivity contribution in [1.29, 1.82) is 0 Å². The molecule has 0 aliphatic carbocycles. The van der Waals surface area contributed by atoms with Gasteiger partial charge in [-0.3, -0.25) is 15.0 Å². The average molecular weight is 592 g/mol. The molecule has 11 heteroatoms. The number of rotatable bonds is 5. The van der Waals surface area contributed by atoms with E-state index in [-0.39, 0.29) is 11.8 Å². The average Bonchev–Trinajstić information content (AvgIpc) is 3.00. The van der Waals surface area contributed by atoms with Gasteiger partial charge in [-0.05, 0) is 54.6 Å². The number of fused-ring (bicyclic) bond motifs is 2. The molecule has 0 saturated heterocycles. The Morgan fingerprint density at radius 1 is 0.535 bits per heavy atom. The van der Waals surface area contributed by atoms with Crippen LogP contribution in [0.2, 0.25) is 0 Å². The molecule has 6 aromatic rings. The van der Waals surface area contributed by atoms with Gasteiger partial charge in [0.15, 0.2) is 0 Å². The first-order chi connectivity index (χ1) is 20.6. The van der Waals surface area contributed by atoms with Crippen molar-refractivity contribution in [3.63, 3.8) is 0 Å². The lowest BCUT2D eigenvalue weighted by Gasteiger charge is -2.16. The van der Waals surface area contributed by atoms with Crippen LogP contribution in [0.15, 0.2) is 116 Å². The summed E-state index contributed by atoms with van der Waals surface area (Å²) in [6.07, 6.45) is -4.68. The van der Waals surface area contributed by atoms with Crippen LogP contribution in [0.5, 0.6) is 0 Å². The molecule has 43 heavy (non-hydrogen) atoms. The molecular weight excluding hydrogens is 568 g/mol. The number of aromatic nitrogens is 3. The van der Waals surface area contributed by atoms with Gasteiger partial charge in [0, 0.05) is 35.1 Å². The van der Waals surface area contributed by atoms with Crippen molar-refractivity contribution < 1.29 is 26.3 Å². The summed E-state index contributed by atoms with van der Waals surface area (Å²) in [5.41, 5.74) is 0.734. The molecule has 0 amide bonds. The lowest BCUT2D eigenvalue weighted by atomic mass is 10.1. The Morgan fingerprint density at radius 3 is 1.63 bits per heavy atom. The quantitative estimate of drug-likeness (QED) is 0.196. The fourth-order valence-electron chi connectivity index (χ4n) is 4.32. The maximum Gasteiger partial charge on any atom is 0.416 e. The molecule has 5 nitrogen and oxygen atoms in total. The Hall–Kier alpha value is -5.19. The third-order valence-electron chi connectivity index (χ3n) is 6.32. The normalized spacial score (nSPS) is 11.6. The molecule has 0 saturated carbocycles. The largest absolute Gasteiger partial charge is 0.416 e. The summed E-state index contributed by atoms with van der Waals surface area (Å²) in [5.74, 6) is 0. The van der Waals surface area contributed by atoms with Crippen LogP contribution in [-0.2, 0) is 18.9 Å². The van der Waals surface area contributed by atoms with Crippen LogP contribution in [-0.4, -0.2) is 15.0 Å². The maximum atomic E-state index is 12.9. The summed E-state index contributed by atoms with van der Waals surface area (Å²) in [6.45, 7) is 0.705. The van der Waals surface area contributed by atoms with Crippen LogP contribution in [0, 0.1) is 0 Å². The number of hydrogen-bond acceptors (Lipinski definition) is 5. The molecule has 0 atom stereocenters. The van der Waals surface area contributed by atoms with Crippen molar-refractivity contribution in [3.8, 4) is 0 Å². The molecule has 0 aliphatic rings. The summed E-state index contributed by atoms with van der Waals surface area (Å²) >= 11 is 0. The van der Waals surface area contributed by atoms with Gasteiger partial charge in [-0.1, -0.05) is 42.5 Å². The molecule has 0 fully saturated rings. The van der Waals surface area contributed by atoms with Gasteiger partial charge in [0.2, 0.25) is 0 Å². The highest BCUT2D eigenvalue weighted by Gasteiger charge is 2.37. The molecule has 3 aromatic carbocycles. The topological polar surface area (TPSA) is 62.7 Å². The Morgan fingerprint density at radius 2 is 1.07 bits per heavy atom. The maximum absolute atomic E-state index is 12.9. The fraction of sp³-hybridized carbons (Fsp3) is 0.0938. The summed E-state index contributed by atoms with van der Waals surface area (Å²) in [6, 6.07) is 25.7. The Balaban J connectivity index is 0.000000180. The van der Waals surface area contributed by atoms with Crippen molar-refractivity contribution in [3.05, 3.63) is 132 Å². The minimum Gasteiger partial charge on any atom is -0.378 e. The zero-order valence-electron chi connectivity index (χ0n) is 22.3. The van der Waals surface area contributed by atoms with Gasteiger partial charge in [0.1, 0.15) is 0 Å². The van der Waals surface area contributed by atoms with E-state index in [1.54, 1.807) is 30.5 Å². The Bertz CT molecular complexity index is 1800. The van der Waals surface area contributed by atoms with Crippen LogP contribution >= 0.6 is 0 Å². The van der Waals surface area contributed by atoms with Crippen molar-refractivity contribution in [1.82, 2.24) is 15.0 Å². The van der Waals surface area contributed by atoms with Gasteiger partial charge >= 0.3 is 12.4 Å². The second-order valence-electron chi connectivity index (χ2n) is 9.36. The summed E-state index contributed by atoms with van der Waals surface area (Å²) < 4.78 is 77.5. The van der Waals surface area contributed by atoms with Crippen molar-refractivity contribution in [2.24, 2.45) is 0 Å². The van der Waals surface area contributed by atoms with E-state index in [1.807, 2.05) is 42.6 Å². The number of hydrogen-bond donors (Lipinski definition) is 2. The number of alkyl halides is 6. The molecule has 0 aliphatic heterocycles. The molecule has 3 aromatic heterocycles. The van der Waals surface area contributed by atoms with Gasteiger partial charge < -0.3 is 10.6 Å². The van der Waals surface area contributed by atoms with E-state index in [4.69, 9.17) is 0 Å². The molecule has 3 heterocycles. The lowest BCUT2D eigenvalue weighted by Crippen LogP contribution is -2.11.